The van der Waals surface area contributed by atoms with Crippen LogP contribution in [0.3, 0.4) is 0 Å². The van der Waals surface area contributed by atoms with Crippen molar-refractivity contribution in [3.63, 3.8) is 0 Å². The lowest BCUT2D eigenvalue weighted by atomic mass is 10.1. The van der Waals surface area contributed by atoms with E-state index in [-0.39, 0.29) is 0 Å². The maximum absolute atomic E-state index is 6.20. The van der Waals surface area contributed by atoms with Crippen LogP contribution >= 0.6 is 11.8 Å². The second-order valence-electron chi connectivity index (χ2n) is 5.24. The molecule has 1 aliphatic heterocycles. The van der Waals surface area contributed by atoms with E-state index < -0.39 is 0 Å². The summed E-state index contributed by atoms with van der Waals surface area (Å²) >= 11 is 2.05. The number of hydrogen-bond donors (Lipinski definition) is 1. The topological polar surface area (TPSA) is 42.1 Å². The van der Waals surface area contributed by atoms with Crippen LogP contribution in [-0.2, 0) is 0 Å². The Kier molecular flexibility index (Phi) is 3.27. The highest BCUT2D eigenvalue weighted by Gasteiger charge is 2.25. The van der Waals surface area contributed by atoms with E-state index in [0.29, 0.717) is 10.5 Å². The van der Waals surface area contributed by atoms with E-state index in [1.165, 1.54) is 0 Å². The van der Waals surface area contributed by atoms with Gasteiger partial charge in [-0.15, -0.1) is 0 Å². The van der Waals surface area contributed by atoms with Gasteiger partial charge in [0.1, 0.15) is 0 Å². The highest BCUT2D eigenvalue weighted by molar-refractivity contribution is 8.00. The summed E-state index contributed by atoms with van der Waals surface area (Å²) in [7, 11) is 0. The Labute approximate surface area is 118 Å². The fourth-order valence-electron chi connectivity index (χ4n) is 2.86. The van der Waals surface area contributed by atoms with Gasteiger partial charge in [0.25, 0.3) is 0 Å². The predicted octanol–water partition coefficient (Wildman–Crippen LogP) is 3.15. The summed E-state index contributed by atoms with van der Waals surface area (Å²) in [6.45, 7) is 6.67. The summed E-state index contributed by atoms with van der Waals surface area (Å²) < 4.78 is 0. The average Bonchev–Trinajstić information content (AvgIpc) is 2.37. The normalized spacial score (nSPS) is 23.8. The molecule has 3 rings (SSSR count). The molecule has 0 bridgehead atoms. The number of fused-ring (bicyclic) bond motifs is 1. The van der Waals surface area contributed by atoms with Gasteiger partial charge in [-0.1, -0.05) is 32.0 Å². The van der Waals surface area contributed by atoms with Crippen LogP contribution in [0.25, 0.3) is 10.9 Å². The molecule has 3 nitrogen and oxygen atoms in total. The summed E-state index contributed by atoms with van der Waals surface area (Å²) in [5.41, 5.74) is 9.16. The third-order valence-electron chi connectivity index (χ3n) is 3.51. The largest absolute Gasteiger partial charge is 0.396 e. The Bertz CT molecular complexity index is 589. The highest BCUT2D eigenvalue weighted by Crippen LogP contribution is 2.35. The van der Waals surface area contributed by atoms with Crippen LogP contribution in [0.15, 0.2) is 30.5 Å². The molecule has 2 heterocycles. The van der Waals surface area contributed by atoms with Crippen LogP contribution in [0.5, 0.6) is 0 Å². The van der Waals surface area contributed by atoms with Crippen LogP contribution < -0.4 is 10.6 Å². The number of benzene rings is 1. The van der Waals surface area contributed by atoms with E-state index in [0.717, 1.165) is 35.4 Å². The SMILES string of the molecule is CC1CN(c2c(N)cnc3ccccc23)CC(C)S1. The summed E-state index contributed by atoms with van der Waals surface area (Å²) in [6.07, 6.45) is 1.79. The number of nitrogen functional groups attached to an aromatic ring is 1. The number of pyridine rings is 1. The van der Waals surface area contributed by atoms with E-state index in [9.17, 15) is 0 Å². The van der Waals surface area contributed by atoms with E-state index in [2.05, 4.69) is 47.6 Å². The van der Waals surface area contributed by atoms with Crippen molar-refractivity contribution in [3.05, 3.63) is 30.5 Å². The van der Waals surface area contributed by atoms with Crippen molar-refractivity contribution >= 4 is 34.0 Å². The van der Waals surface area contributed by atoms with Crippen LogP contribution in [0.2, 0.25) is 0 Å². The van der Waals surface area contributed by atoms with Crippen LogP contribution in [-0.4, -0.2) is 28.6 Å². The monoisotopic (exact) mass is 273 g/mol. The maximum atomic E-state index is 6.20. The number of para-hydroxylation sites is 1. The number of rotatable bonds is 1. The summed E-state index contributed by atoms with van der Waals surface area (Å²) in [4.78, 5) is 6.84. The number of hydrogen-bond acceptors (Lipinski definition) is 4. The van der Waals surface area contributed by atoms with Crippen molar-refractivity contribution < 1.29 is 0 Å². The molecule has 0 amide bonds. The zero-order valence-electron chi connectivity index (χ0n) is 11.3. The molecule has 100 valence electrons. The van der Waals surface area contributed by atoms with Gasteiger partial charge in [0.05, 0.1) is 23.1 Å². The zero-order valence-corrected chi connectivity index (χ0v) is 12.2. The maximum Gasteiger partial charge on any atom is 0.0745 e. The molecule has 1 saturated heterocycles. The van der Waals surface area contributed by atoms with Crippen molar-refractivity contribution in [1.82, 2.24) is 4.98 Å². The molecule has 1 aromatic carbocycles. The lowest BCUT2D eigenvalue weighted by Gasteiger charge is -2.37. The third kappa shape index (κ3) is 2.37. The quantitative estimate of drug-likeness (QED) is 0.866. The van der Waals surface area contributed by atoms with Gasteiger partial charge in [0, 0.05) is 29.0 Å². The zero-order chi connectivity index (χ0) is 13.4. The molecule has 2 N–H and O–H groups in total. The number of aromatic nitrogens is 1. The molecular formula is C15H19N3S. The van der Waals surface area contributed by atoms with E-state index in [1.54, 1.807) is 6.20 Å². The molecule has 0 saturated carbocycles. The minimum Gasteiger partial charge on any atom is -0.396 e. The minimum absolute atomic E-state index is 0.634. The van der Waals surface area contributed by atoms with Crippen LogP contribution in [0.1, 0.15) is 13.8 Å². The van der Waals surface area contributed by atoms with E-state index >= 15 is 0 Å². The fraction of sp³-hybridized carbons (Fsp3) is 0.400. The van der Waals surface area contributed by atoms with Gasteiger partial charge in [0.2, 0.25) is 0 Å². The van der Waals surface area contributed by atoms with E-state index in [1.807, 2.05) is 12.1 Å². The first-order valence-corrected chi connectivity index (χ1v) is 7.63. The molecule has 2 unspecified atom stereocenters. The molecule has 0 radical (unpaired) electrons. The molecule has 2 atom stereocenters. The second-order valence-corrected chi connectivity index (χ2v) is 7.12. The summed E-state index contributed by atoms with van der Waals surface area (Å²) in [5, 5.41) is 2.43. The van der Waals surface area contributed by atoms with Gasteiger partial charge < -0.3 is 10.6 Å². The van der Waals surface area contributed by atoms with Gasteiger partial charge in [-0.05, 0) is 6.07 Å². The van der Waals surface area contributed by atoms with Crippen LogP contribution in [0.4, 0.5) is 11.4 Å². The number of nitrogens with zero attached hydrogens (tertiary/aromatic N) is 2. The number of thioether (sulfide) groups is 1. The van der Waals surface area contributed by atoms with Crippen molar-refractivity contribution in [1.29, 1.82) is 0 Å². The Balaban J connectivity index is 2.10. The molecular weight excluding hydrogens is 254 g/mol. The molecule has 2 aromatic rings. The molecule has 0 aliphatic carbocycles. The highest BCUT2D eigenvalue weighted by atomic mass is 32.2. The predicted molar refractivity (Wildman–Crippen MR) is 84.9 cm³/mol. The Morgan fingerprint density at radius 3 is 2.63 bits per heavy atom. The average molecular weight is 273 g/mol. The van der Waals surface area contributed by atoms with Crippen molar-refractivity contribution in [2.75, 3.05) is 23.7 Å². The lowest BCUT2D eigenvalue weighted by Crippen LogP contribution is -2.40. The Hall–Kier alpha value is -1.42. The van der Waals surface area contributed by atoms with Gasteiger partial charge in [-0.2, -0.15) is 11.8 Å². The van der Waals surface area contributed by atoms with Crippen molar-refractivity contribution in [2.45, 2.75) is 24.3 Å². The molecule has 1 aromatic heterocycles. The molecule has 1 fully saturated rings. The fourth-order valence-corrected chi connectivity index (χ4v) is 4.18. The molecule has 4 heteroatoms. The molecule has 19 heavy (non-hydrogen) atoms. The standard InChI is InChI=1S/C15H19N3S/c1-10-8-18(9-11(2)19-10)15-12-5-3-4-6-14(12)17-7-13(15)16/h3-7,10-11H,8-9,16H2,1-2H3. The number of nitrogens with two attached hydrogens (primary N) is 1. The molecule has 1 aliphatic rings. The number of anilines is 2. The summed E-state index contributed by atoms with van der Waals surface area (Å²) in [6, 6.07) is 8.24. The lowest BCUT2D eigenvalue weighted by molar-refractivity contribution is 0.731. The van der Waals surface area contributed by atoms with Gasteiger partial charge in [-0.25, -0.2) is 0 Å². The van der Waals surface area contributed by atoms with Crippen molar-refractivity contribution in [3.8, 4) is 0 Å². The molecule has 0 spiro atoms. The van der Waals surface area contributed by atoms with Gasteiger partial charge >= 0.3 is 0 Å². The summed E-state index contributed by atoms with van der Waals surface area (Å²) in [5.74, 6) is 0. The Morgan fingerprint density at radius 1 is 1.21 bits per heavy atom. The minimum atomic E-state index is 0.634. The first-order valence-electron chi connectivity index (χ1n) is 6.69. The second kappa shape index (κ2) is 4.93. The van der Waals surface area contributed by atoms with Crippen LogP contribution in [0, 0.1) is 0 Å². The third-order valence-corrected chi connectivity index (χ3v) is 4.74. The first kappa shape index (κ1) is 12.6. The van der Waals surface area contributed by atoms with E-state index in [4.69, 9.17) is 5.73 Å². The van der Waals surface area contributed by atoms with Gasteiger partial charge in [0.15, 0.2) is 0 Å². The van der Waals surface area contributed by atoms with Crippen molar-refractivity contribution in [2.24, 2.45) is 0 Å². The first-order chi connectivity index (χ1) is 9.15. The Morgan fingerprint density at radius 2 is 1.89 bits per heavy atom. The van der Waals surface area contributed by atoms with Gasteiger partial charge in [-0.3, -0.25) is 4.98 Å². The smallest absolute Gasteiger partial charge is 0.0745 e.